The zero-order valence-corrected chi connectivity index (χ0v) is 24.8. The Balaban J connectivity index is 1.61. The summed E-state index contributed by atoms with van der Waals surface area (Å²) in [4.78, 5) is 25.1. The van der Waals surface area contributed by atoms with Crippen LogP contribution in [0.1, 0.15) is 71.1 Å². The van der Waals surface area contributed by atoms with Crippen molar-refractivity contribution in [1.82, 2.24) is 5.32 Å². The highest BCUT2D eigenvalue weighted by Crippen LogP contribution is 2.28. The molecule has 7 nitrogen and oxygen atoms in total. The van der Waals surface area contributed by atoms with Crippen LogP contribution in [-0.4, -0.2) is 61.7 Å². The summed E-state index contributed by atoms with van der Waals surface area (Å²) in [5.41, 5.74) is 0.631. The van der Waals surface area contributed by atoms with Crippen LogP contribution < -0.4 is 5.32 Å². The molecule has 1 atom stereocenters. The van der Waals surface area contributed by atoms with Crippen LogP contribution in [-0.2, 0) is 19.0 Å². The maximum absolute atomic E-state index is 13.1. The second-order valence-electron chi connectivity index (χ2n) is 12.1. The monoisotopic (exact) mass is 559 g/mol. The number of alkyl carbamates (subject to hydrolysis) is 1. The number of nitrogens with one attached hydrogen (secondary N) is 1. The molecular weight excluding hydrogens is 516 g/mol. The highest BCUT2D eigenvalue weighted by molar-refractivity contribution is 6.30. The van der Waals surface area contributed by atoms with Gasteiger partial charge in [0, 0.05) is 11.6 Å². The van der Waals surface area contributed by atoms with Crippen LogP contribution in [0.4, 0.5) is 4.79 Å². The van der Waals surface area contributed by atoms with E-state index in [9.17, 15) is 9.59 Å². The lowest BCUT2D eigenvalue weighted by atomic mass is 9.94. The first-order valence-electron chi connectivity index (χ1n) is 13.8. The number of carbonyl (C=O) groups excluding carboxylic acids is 2. The highest BCUT2D eigenvalue weighted by atomic mass is 35.5. The van der Waals surface area contributed by atoms with E-state index in [1.807, 2.05) is 42.5 Å². The van der Waals surface area contributed by atoms with E-state index in [2.05, 4.69) is 17.4 Å². The standard InChI is InChI=1S/C31H43ClN2O5/c1-30(2,3)39-29(36)33-22-31(4,5)28(35)38-23-34(18-10-7-11-19-34)20-21-37-27(24-12-8-6-9-13-24)25-14-16-26(32)17-15-25/h6,8-9,12-17,27H,7,10-11,18-23H2,1-5H3/p+1. The number of hydrogen-bond donors (Lipinski definition) is 1. The first-order chi connectivity index (χ1) is 18.4. The molecule has 2 aromatic rings. The number of amides is 1. The number of esters is 1. The molecular formula is C31H44ClN2O5+. The van der Waals surface area contributed by atoms with Crippen molar-refractivity contribution in [3.63, 3.8) is 0 Å². The summed E-state index contributed by atoms with van der Waals surface area (Å²) in [5, 5.41) is 3.38. The molecule has 1 aliphatic rings. The fourth-order valence-corrected chi connectivity index (χ4v) is 4.81. The lowest BCUT2D eigenvalue weighted by molar-refractivity contribution is -0.948. The minimum atomic E-state index is -0.889. The second kappa shape index (κ2) is 13.6. The molecule has 1 unspecified atom stereocenters. The Labute approximate surface area is 238 Å². The van der Waals surface area contributed by atoms with Crippen LogP contribution in [0.2, 0.25) is 5.02 Å². The molecule has 1 amide bonds. The Morgan fingerprint density at radius 3 is 2.15 bits per heavy atom. The highest BCUT2D eigenvalue weighted by Gasteiger charge is 2.36. The summed E-state index contributed by atoms with van der Waals surface area (Å²) in [6.45, 7) is 12.5. The van der Waals surface area contributed by atoms with Crippen molar-refractivity contribution in [2.24, 2.45) is 5.41 Å². The zero-order valence-electron chi connectivity index (χ0n) is 24.0. The van der Waals surface area contributed by atoms with E-state index in [4.69, 9.17) is 25.8 Å². The number of piperidine rings is 1. The molecule has 1 saturated heterocycles. The van der Waals surface area contributed by atoms with Gasteiger partial charge in [0.15, 0.2) is 0 Å². The summed E-state index contributed by atoms with van der Waals surface area (Å²) < 4.78 is 18.4. The van der Waals surface area contributed by atoms with Gasteiger partial charge in [-0.05, 0) is 77.1 Å². The molecule has 0 aromatic heterocycles. The number of likely N-dealkylation sites (tertiary alicyclic amines) is 1. The summed E-state index contributed by atoms with van der Waals surface area (Å²) in [5.74, 6) is -0.342. The third-order valence-electron chi connectivity index (χ3n) is 6.99. The minimum Gasteiger partial charge on any atom is -0.444 e. The third kappa shape index (κ3) is 9.82. The lowest BCUT2D eigenvalue weighted by Gasteiger charge is -2.41. The largest absolute Gasteiger partial charge is 0.444 e. The van der Waals surface area contributed by atoms with Gasteiger partial charge in [-0.15, -0.1) is 0 Å². The van der Waals surface area contributed by atoms with E-state index < -0.39 is 17.1 Å². The number of carbonyl (C=O) groups is 2. The van der Waals surface area contributed by atoms with Crippen LogP contribution in [0.25, 0.3) is 0 Å². The van der Waals surface area contributed by atoms with Crippen molar-refractivity contribution in [1.29, 1.82) is 0 Å². The van der Waals surface area contributed by atoms with Crippen LogP contribution >= 0.6 is 11.6 Å². The molecule has 1 heterocycles. The predicted molar refractivity (Wildman–Crippen MR) is 153 cm³/mol. The quantitative estimate of drug-likeness (QED) is 0.251. The van der Waals surface area contributed by atoms with Gasteiger partial charge in [-0.1, -0.05) is 54.1 Å². The molecule has 0 bridgehead atoms. The molecule has 0 radical (unpaired) electrons. The van der Waals surface area contributed by atoms with E-state index in [1.54, 1.807) is 34.6 Å². The smallest absolute Gasteiger partial charge is 0.407 e. The molecule has 8 heteroatoms. The normalized spacial score (nSPS) is 16.3. The molecule has 214 valence electrons. The Morgan fingerprint density at radius 1 is 0.923 bits per heavy atom. The maximum Gasteiger partial charge on any atom is 0.407 e. The fourth-order valence-electron chi connectivity index (χ4n) is 4.69. The number of benzene rings is 2. The molecule has 0 spiro atoms. The van der Waals surface area contributed by atoms with Crippen LogP contribution in [0.5, 0.6) is 0 Å². The lowest BCUT2D eigenvalue weighted by Crippen LogP contribution is -2.55. The van der Waals surface area contributed by atoms with E-state index in [0.717, 1.165) is 43.6 Å². The van der Waals surface area contributed by atoms with Gasteiger partial charge in [-0.2, -0.15) is 0 Å². The number of halogens is 1. The number of quaternary nitrogens is 1. The van der Waals surface area contributed by atoms with Gasteiger partial charge in [-0.25, -0.2) is 4.79 Å². The van der Waals surface area contributed by atoms with E-state index in [-0.39, 0.29) is 25.3 Å². The number of nitrogens with zero attached hydrogens (tertiary/aromatic N) is 1. The molecule has 2 aromatic carbocycles. The number of ether oxygens (including phenoxy) is 3. The topological polar surface area (TPSA) is 73.9 Å². The molecule has 3 rings (SSSR count). The Morgan fingerprint density at radius 2 is 1.54 bits per heavy atom. The first-order valence-corrected chi connectivity index (χ1v) is 14.2. The van der Waals surface area contributed by atoms with Gasteiger partial charge in [0.2, 0.25) is 6.73 Å². The average Bonchev–Trinajstić information content (AvgIpc) is 2.89. The molecule has 1 N–H and O–H groups in total. The van der Waals surface area contributed by atoms with Crippen LogP contribution in [0.3, 0.4) is 0 Å². The van der Waals surface area contributed by atoms with Crippen molar-refractivity contribution in [3.05, 3.63) is 70.7 Å². The molecule has 1 fully saturated rings. The number of rotatable bonds is 11. The Hall–Kier alpha value is -2.61. The molecule has 1 aliphatic heterocycles. The predicted octanol–water partition coefficient (Wildman–Crippen LogP) is 6.50. The van der Waals surface area contributed by atoms with E-state index in [1.165, 1.54) is 6.42 Å². The van der Waals surface area contributed by atoms with E-state index in [0.29, 0.717) is 16.1 Å². The maximum atomic E-state index is 13.1. The van der Waals surface area contributed by atoms with Gasteiger partial charge in [0.05, 0.1) is 25.1 Å². The Kier molecular flexibility index (Phi) is 10.8. The molecule has 0 saturated carbocycles. The van der Waals surface area contributed by atoms with Crippen molar-refractivity contribution in [3.8, 4) is 0 Å². The van der Waals surface area contributed by atoms with Crippen LogP contribution in [0.15, 0.2) is 54.6 Å². The van der Waals surface area contributed by atoms with Gasteiger partial charge in [0.25, 0.3) is 0 Å². The van der Waals surface area contributed by atoms with E-state index >= 15 is 0 Å². The van der Waals surface area contributed by atoms with Crippen LogP contribution in [0, 0.1) is 5.41 Å². The SMILES string of the molecule is CC(C)(C)OC(=O)NCC(C)(C)C(=O)OC[N+]1(CCOC(c2ccccc2)c2ccc(Cl)cc2)CCCCC1. The summed E-state index contributed by atoms with van der Waals surface area (Å²) >= 11 is 6.13. The number of hydrogen-bond acceptors (Lipinski definition) is 5. The molecule has 39 heavy (non-hydrogen) atoms. The van der Waals surface area contributed by atoms with Gasteiger partial charge in [0.1, 0.15) is 18.2 Å². The van der Waals surface area contributed by atoms with Gasteiger partial charge < -0.3 is 19.5 Å². The van der Waals surface area contributed by atoms with Gasteiger partial charge >= 0.3 is 12.1 Å². The van der Waals surface area contributed by atoms with Crippen molar-refractivity contribution in [2.75, 3.05) is 39.5 Å². The third-order valence-corrected chi connectivity index (χ3v) is 7.24. The summed E-state index contributed by atoms with van der Waals surface area (Å²) in [7, 11) is 0. The Bertz CT molecular complexity index is 1060. The van der Waals surface area contributed by atoms with Crippen molar-refractivity contribution >= 4 is 23.7 Å². The minimum absolute atomic E-state index is 0.129. The van der Waals surface area contributed by atoms with Crippen molar-refractivity contribution in [2.45, 2.75) is 65.6 Å². The average molecular weight is 560 g/mol. The summed E-state index contributed by atoms with van der Waals surface area (Å²) in [6.07, 6.45) is 2.58. The van der Waals surface area contributed by atoms with Crippen molar-refractivity contribution < 1.29 is 28.3 Å². The molecule has 0 aliphatic carbocycles. The summed E-state index contributed by atoms with van der Waals surface area (Å²) in [6, 6.07) is 17.9. The van der Waals surface area contributed by atoms with Gasteiger partial charge in [-0.3, -0.25) is 9.28 Å². The first kappa shape index (κ1) is 30.9. The fraction of sp³-hybridized carbons (Fsp3) is 0.548. The second-order valence-corrected chi connectivity index (χ2v) is 12.5. The zero-order chi connectivity index (χ0) is 28.5.